The normalized spacial score (nSPS) is 13.3. The van der Waals surface area contributed by atoms with Gasteiger partial charge in [0.25, 0.3) is 5.91 Å². The van der Waals surface area contributed by atoms with Crippen LogP contribution in [0.15, 0.2) is 18.2 Å². The van der Waals surface area contributed by atoms with Crippen LogP contribution in [0.1, 0.15) is 39.3 Å². The number of hydrogen-bond donors (Lipinski definition) is 3. The number of aromatic amines is 1. The monoisotopic (exact) mass is 271 g/mol. The van der Waals surface area contributed by atoms with Gasteiger partial charge in [-0.05, 0) is 43.4 Å². The third-order valence-electron chi connectivity index (χ3n) is 3.75. The van der Waals surface area contributed by atoms with Gasteiger partial charge in [-0.3, -0.25) is 9.89 Å². The molecule has 5 heteroatoms. The quantitative estimate of drug-likeness (QED) is 0.798. The molecule has 1 aliphatic rings. The Hall–Kier alpha value is -2.14. The van der Waals surface area contributed by atoms with Gasteiger partial charge < -0.3 is 10.4 Å². The number of nitrogens with zero attached hydrogens (tertiary/aromatic N) is 1. The van der Waals surface area contributed by atoms with Crippen molar-refractivity contribution >= 4 is 11.6 Å². The standard InChI is InChI=1S/C15H17N3O2/c1-9-5-6-10(8-19)7-13(9)16-15(20)14-11-3-2-4-12(11)17-18-14/h5-7,19H,2-4,8H2,1H3,(H,16,20)(H,17,18). The highest BCUT2D eigenvalue weighted by molar-refractivity contribution is 6.04. The van der Waals surface area contributed by atoms with Crippen molar-refractivity contribution in [3.8, 4) is 0 Å². The van der Waals surface area contributed by atoms with Crippen molar-refractivity contribution in [3.05, 3.63) is 46.3 Å². The molecule has 0 aliphatic heterocycles. The Balaban J connectivity index is 1.85. The molecule has 0 fully saturated rings. The highest BCUT2D eigenvalue weighted by Crippen LogP contribution is 2.24. The van der Waals surface area contributed by atoms with Crippen molar-refractivity contribution in [2.45, 2.75) is 32.8 Å². The third kappa shape index (κ3) is 2.20. The first kappa shape index (κ1) is 12.9. The number of amides is 1. The second-order valence-electron chi connectivity index (χ2n) is 5.14. The minimum atomic E-state index is -0.192. The third-order valence-corrected chi connectivity index (χ3v) is 3.75. The second kappa shape index (κ2) is 5.09. The molecule has 0 unspecified atom stereocenters. The lowest BCUT2D eigenvalue weighted by Gasteiger charge is -2.09. The number of H-pyrrole nitrogens is 1. The van der Waals surface area contributed by atoms with Crippen LogP contribution in [0.4, 0.5) is 5.69 Å². The molecule has 20 heavy (non-hydrogen) atoms. The van der Waals surface area contributed by atoms with Crippen LogP contribution in [0.2, 0.25) is 0 Å². The molecule has 1 aromatic heterocycles. The number of carbonyl (C=O) groups excluding carboxylic acids is 1. The fourth-order valence-corrected chi connectivity index (χ4v) is 2.59. The van der Waals surface area contributed by atoms with E-state index in [1.165, 1.54) is 0 Å². The smallest absolute Gasteiger partial charge is 0.276 e. The van der Waals surface area contributed by atoms with Crippen LogP contribution in [0.3, 0.4) is 0 Å². The van der Waals surface area contributed by atoms with Crippen LogP contribution in [0, 0.1) is 6.92 Å². The van der Waals surface area contributed by atoms with Crippen LogP contribution in [-0.2, 0) is 19.4 Å². The lowest BCUT2D eigenvalue weighted by molar-refractivity contribution is 0.102. The van der Waals surface area contributed by atoms with Crippen molar-refractivity contribution in [3.63, 3.8) is 0 Å². The van der Waals surface area contributed by atoms with E-state index >= 15 is 0 Å². The number of aliphatic hydroxyl groups excluding tert-OH is 1. The molecular weight excluding hydrogens is 254 g/mol. The molecule has 0 atom stereocenters. The van der Waals surface area contributed by atoms with Crippen LogP contribution in [0.25, 0.3) is 0 Å². The minimum absolute atomic E-state index is 0.0407. The first-order chi connectivity index (χ1) is 9.69. The number of hydrogen-bond acceptors (Lipinski definition) is 3. The van der Waals surface area contributed by atoms with E-state index in [1.807, 2.05) is 19.1 Å². The van der Waals surface area contributed by atoms with Gasteiger partial charge in [0.1, 0.15) is 0 Å². The number of nitrogens with one attached hydrogen (secondary N) is 2. The van der Waals surface area contributed by atoms with Crippen LogP contribution in [-0.4, -0.2) is 21.2 Å². The maximum atomic E-state index is 12.3. The first-order valence-electron chi connectivity index (χ1n) is 6.77. The Kier molecular flexibility index (Phi) is 3.28. The highest BCUT2D eigenvalue weighted by Gasteiger charge is 2.23. The van der Waals surface area contributed by atoms with Crippen LogP contribution < -0.4 is 5.32 Å². The summed E-state index contributed by atoms with van der Waals surface area (Å²) in [5, 5.41) is 19.1. The fraction of sp³-hybridized carbons (Fsp3) is 0.333. The summed E-state index contributed by atoms with van der Waals surface area (Å²) in [6, 6.07) is 5.52. The maximum absolute atomic E-state index is 12.3. The summed E-state index contributed by atoms with van der Waals surface area (Å²) in [7, 11) is 0. The van der Waals surface area contributed by atoms with E-state index < -0.39 is 0 Å². The predicted molar refractivity (Wildman–Crippen MR) is 75.7 cm³/mol. The van der Waals surface area contributed by atoms with Crippen molar-refractivity contribution in [2.24, 2.45) is 0 Å². The number of rotatable bonds is 3. The lowest BCUT2D eigenvalue weighted by Crippen LogP contribution is -2.15. The summed E-state index contributed by atoms with van der Waals surface area (Å²) in [4.78, 5) is 12.3. The summed E-state index contributed by atoms with van der Waals surface area (Å²) < 4.78 is 0. The van der Waals surface area contributed by atoms with E-state index in [0.29, 0.717) is 5.69 Å². The molecule has 1 amide bonds. The molecule has 3 N–H and O–H groups in total. The van der Waals surface area contributed by atoms with E-state index in [0.717, 1.165) is 47.3 Å². The number of carbonyl (C=O) groups is 1. The molecule has 1 heterocycles. The number of fused-ring (bicyclic) bond motifs is 1. The van der Waals surface area contributed by atoms with Crippen LogP contribution in [0.5, 0.6) is 0 Å². The molecule has 1 aromatic carbocycles. The van der Waals surface area contributed by atoms with Gasteiger partial charge in [-0.15, -0.1) is 0 Å². The summed E-state index contributed by atoms with van der Waals surface area (Å²) >= 11 is 0. The Morgan fingerprint density at radius 2 is 2.30 bits per heavy atom. The largest absolute Gasteiger partial charge is 0.392 e. The Bertz CT molecular complexity index is 661. The number of aromatic nitrogens is 2. The molecule has 3 rings (SSSR count). The van der Waals surface area contributed by atoms with Gasteiger partial charge in [0.2, 0.25) is 0 Å². The zero-order chi connectivity index (χ0) is 14.1. The average Bonchev–Trinajstić information content (AvgIpc) is 3.03. The number of aliphatic hydroxyl groups is 1. The van der Waals surface area contributed by atoms with Gasteiger partial charge in [0.15, 0.2) is 5.69 Å². The number of aryl methyl sites for hydroxylation is 2. The minimum Gasteiger partial charge on any atom is -0.392 e. The van der Waals surface area contributed by atoms with Gasteiger partial charge in [-0.25, -0.2) is 0 Å². The van der Waals surface area contributed by atoms with Crippen molar-refractivity contribution in [1.82, 2.24) is 10.2 Å². The molecule has 0 bridgehead atoms. The van der Waals surface area contributed by atoms with Gasteiger partial charge in [-0.1, -0.05) is 12.1 Å². The second-order valence-corrected chi connectivity index (χ2v) is 5.14. The predicted octanol–water partition coefficient (Wildman–Crippen LogP) is 1.95. The summed E-state index contributed by atoms with van der Waals surface area (Å²) in [5.74, 6) is -0.192. The van der Waals surface area contributed by atoms with E-state index in [4.69, 9.17) is 5.11 Å². The van der Waals surface area contributed by atoms with Gasteiger partial charge >= 0.3 is 0 Å². The summed E-state index contributed by atoms with van der Waals surface area (Å²) in [6.45, 7) is 1.88. The van der Waals surface area contributed by atoms with Crippen molar-refractivity contribution in [1.29, 1.82) is 0 Å². The van der Waals surface area contributed by atoms with E-state index in [-0.39, 0.29) is 12.5 Å². The molecular formula is C15H17N3O2. The molecule has 5 nitrogen and oxygen atoms in total. The SMILES string of the molecule is Cc1ccc(CO)cc1NC(=O)c1n[nH]c2c1CCC2. The molecule has 2 aromatic rings. The maximum Gasteiger partial charge on any atom is 0.276 e. The average molecular weight is 271 g/mol. The van der Waals surface area contributed by atoms with E-state index in [1.54, 1.807) is 6.07 Å². The molecule has 0 saturated carbocycles. The van der Waals surface area contributed by atoms with E-state index in [9.17, 15) is 4.79 Å². The van der Waals surface area contributed by atoms with Crippen molar-refractivity contribution < 1.29 is 9.90 Å². The molecule has 0 saturated heterocycles. The first-order valence-corrected chi connectivity index (χ1v) is 6.77. The molecule has 104 valence electrons. The number of benzene rings is 1. The molecule has 0 radical (unpaired) electrons. The Morgan fingerprint density at radius 1 is 1.45 bits per heavy atom. The fourth-order valence-electron chi connectivity index (χ4n) is 2.59. The Morgan fingerprint density at radius 3 is 3.10 bits per heavy atom. The zero-order valence-electron chi connectivity index (χ0n) is 11.4. The van der Waals surface area contributed by atoms with Crippen LogP contribution >= 0.6 is 0 Å². The van der Waals surface area contributed by atoms with E-state index in [2.05, 4.69) is 15.5 Å². The Labute approximate surface area is 117 Å². The zero-order valence-corrected chi connectivity index (χ0v) is 11.4. The summed E-state index contributed by atoms with van der Waals surface area (Å²) in [5.41, 5.74) is 5.07. The van der Waals surface area contributed by atoms with Gasteiger partial charge in [0.05, 0.1) is 6.61 Å². The molecule has 1 aliphatic carbocycles. The highest BCUT2D eigenvalue weighted by atomic mass is 16.3. The topological polar surface area (TPSA) is 78.0 Å². The van der Waals surface area contributed by atoms with Gasteiger partial charge in [-0.2, -0.15) is 5.10 Å². The van der Waals surface area contributed by atoms with Gasteiger partial charge in [0, 0.05) is 16.9 Å². The number of anilines is 1. The summed E-state index contributed by atoms with van der Waals surface area (Å²) in [6.07, 6.45) is 2.95. The van der Waals surface area contributed by atoms with Crippen molar-refractivity contribution in [2.75, 3.05) is 5.32 Å². The molecule has 0 spiro atoms. The lowest BCUT2D eigenvalue weighted by atomic mass is 10.1.